The summed E-state index contributed by atoms with van der Waals surface area (Å²) >= 11 is 0. The maximum atomic E-state index is 14.5. The molecule has 41 heavy (non-hydrogen) atoms. The molecule has 2 aliphatic heterocycles. The smallest absolute Gasteiger partial charge is 0.259 e. The van der Waals surface area contributed by atoms with E-state index in [9.17, 15) is 18.8 Å². The quantitative estimate of drug-likeness (QED) is 0.318. The third kappa shape index (κ3) is 5.13. The fraction of sp³-hybridized carbons (Fsp3) is 0.310. The highest BCUT2D eigenvalue weighted by atomic mass is 19.1. The molecule has 0 spiro atoms. The lowest BCUT2D eigenvalue weighted by atomic mass is 10.0. The number of amides is 3. The molecule has 210 valence electrons. The molecular formula is C29H29FN8O3. The molecule has 1 aromatic carbocycles. The molecule has 5 heterocycles. The summed E-state index contributed by atoms with van der Waals surface area (Å²) in [6.07, 6.45) is 10.7. The number of anilines is 2. The SMILES string of the molecule is CNC(=O)c1ccc(-c2cn3ncc(C(=O)Nc4cc(NC(=O)CN5C6CCC5CC6)cnc4C)c3cn2)cc1F. The van der Waals surface area contributed by atoms with Crippen LogP contribution in [0.2, 0.25) is 0 Å². The predicted molar refractivity (Wildman–Crippen MR) is 150 cm³/mol. The predicted octanol–water partition coefficient (Wildman–Crippen LogP) is 3.42. The zero-order valence-corrected chi connectivity index (χ0v) is 22.6. The Balaban J connectivity index is 1.16. The normalized spacial score (nSPS) is 18.0. The lowest BCUT2D eigenvalue weighted by Gasteiger charge is -2.20. The molecule has 2 bridgehead atoms. The number of halogens is 1. The fourth-order valence-electron chi connectivity index (χ4n) is 5.76. The number of rotatable bonds is 7. The Morgan fingerprint density at radius 1 is 0.951 bits per heavy atom. The van der Waals surface area contributed by atoms with E-state index in [2.05, 4.69) is 35.9 Å². The van der Waals surface area contributed by atoms with Gasteiger partial charge in [0.05, 0.1) is 70.7 Å². The van der Waals surface area contributed by atoms with Crippen LogP contribution in [-0.4, -0.2) is 67.9 Å². The number of aromatic nitrogens is 4. The second-order valence-electron chi connectivity index (χ2n) is 10.4. The van der Waals surface area contributed by atoms with Crippen LogP contribution in [-0.2, 0) is 4.79 Å². The molecule has 2 saturated heterocycles. The molecule has 0 unspecified atom stereocenters. The number of carbonyl (C=O) groups is 3. The van der Waals surface area contributed by atoms with Crippen LogP contribution in [0, 0.1) is 12.7 Å². The van der Waals surface area contributed by atoms with Gasteiger partial charge in [-0.05, 0) is 50.8 Å². The molecule has 3 N–H and O–H groups in total. The van der Waals surface area contributed by atoms with Crippen molar-refractivity contribution in [2.45, 2.75) is 44.7 Å². The highest BCUT2D eigenvalue weighted by Gasteiger charge is 2.39. The number of nitrogens with zero attached hydrogens (tertiary/aromatic N) is 5. The van der Waals surface area contributed by atoms with Crippen LogP contribution in [0.4, 0.5) is 15.8 Å². The third-order valence-corrected chi connectivity index (χ3v) is 7.93. The minimum Gasteiger partial charge on any atom is -0.355 e. The highest BCUT2D eigenvalue weighted by molar-refractivity contribution is 6.09. The average Bonchev–Trinajstić information content (AvgIpc) is 3.68. The molecule has 6 rings (SSSR count). The van der Waals surface area contributed by atoms with Crippen molar-refractivity contribution in [1.82, 2.24) is 29.8 Å². The van der Waals surface area contributed by atoms with E-state index in [4.69, 9.17) is 0 Å². The van der Waals surface area contributed by atoms with Crippen LogP contribution < -0.4 is 16.0 Å². The van der Waals surface area contributed by atoms with E-state index < -0.39 is 17.6 Å². The first-order valence-corrected chi connectivity index (χ1v) is 13.5. The van der Waals surface area contributed by atoms with Crippen molar-refractivity contribution >= 4 is 34.6 Å². The summed E-state index contributed by atoms with van der Waals surface area (Å²) in [6, 6.07) is 6.91. The van der Waals surface area contributed by atoms with Gasteiger partial charge in [0, 0.05) is 24.7 Å². The molecule has 3 aromatic heterocycles. The van der Waals surface area contributed by atoms with Gasteiger partial charge in [0.15, 0.2) is 0 Å². The van der Waals surface area contributed by atoms with E-state index >= 15 is 0 Å². The molecule has 11 nitrogen and oxygen atoms in total. The molecule has 0 atom stereocenters. The number of aryl methyl sites for hydroxylation is 1. The topological polar surface area (TPSA) is 134 Å². The van der Waals surface area contributed by atoms with Gasteiger partial charge in [-0.3, -0.25) is 29.3 Å². The van der Waals surface area contributed by atoms with Gasteiger partial charge in [0.2, 0.25) is 5.91 Å². The summed E-state index contributed by atoms with van der Waals surface area (Å²) in [6.45, 7) is 2.12. The maximum absolute atomic E-state index is 14.5. The molecular weight excluding hydrogens is 527 g/mol. The average molecular weight is 557 g/mol. The monoisotopic (exact) mass is 556 g/mol. The minimum atomic E-state index is -0.671. The van der Waals surface area contributed by atoms with E-state index in [1.54, 1.807) is 31.5 Å². The van der Waals surface area contributed by atoms with Crippen molar-refractivity contribution < 1.29 is 18.8 Å². The van der Waals surface area contributed by atoms with E-state index in [1.165, 1.54) is 36.1 Å². The molecule has 3 amide bonds. The zero-order chi connectivity index (χ0) is 28.7. The van der Waals surface area contributed by atoms with Crippen LogP contribution in [0.3, 0.4) is 0 Å². The molecule has 4 aromatic rings. The van der Waals surface area contributed by atoms with Crippen LogP contribution in [0.25, 0.3) is 16.8 Å². The standard InChI is InChI=1S/C29H29FN8O3/c1-16-24(10-18(11-32-16)35-27(39)15-37-19-4-5-20(37)7-6-19)36-29(41)22-12-34-38-14-25(33-13-26(22)38)17-3-8-21(23(30)9-17)28(40)31-2/h3,8-14,19-20H,4-7,15H2,1-2H3,(H,31,40)(H,35,39)(H,36,41). The number of pyridine rings is 1. The molecule has 0 aliphatic carbocycles. The number of carbonyl (C=O) groups excluding carboxylic acids is 3. The van der Waals surface area contributed by atoms with Crippen molar-refractivity contribution in [3.63, 3.8) is 0 Å². The summed E-state index contributed by atoms with van der Waals surface area (Å²) < 4.78 is 15.9. The molecule has 12 heteroatoms. The Morgan fingerprint density at radius 2 is 1.71 bits per heavy atom. The summed E-state index contributed by atoms with van der Waals surface area (Å²) in [5.41, 5.74) is 3.09. The van der Waals surface area contributed by atoms with E-state index in [1.807, 2.05) is 0 Å². The zero-order valence-electron chi connectivity index (χ0n) is 22.6. The van der Waals surface area contributed by atoms with E-state index in [0.29, 0.717) is 52.5 Å². The fourth-order valence-corrected chi connectivity index (χ4v) is 5.76. The molecule has 2 aliphatic rings. The van der Waals surface area contributed by atoms with Crippen LogP contribution in [0.1, 0.15) is 52.1 Å². The van der Waals surface area contributed by atoms with E-state index in [-0.39, 0.29) is 17.0 Å². The molecule has 0 saturated carbocycles. The van der Waals surface area contributed by atoms with Gasteiger partial charge in [-0.2, -0.15) is 5.10 Å². The lowest BCUT2D eigenvalue weighted by molar-refractivity contribution is -0.117. The maximum Gasteiger partial charge on any atom is 0.259 e. The third-order valence-electron chi connectivity index (χ3n) is 7.93. The first-order valence-electron chi connectivity index (χ1n) is 13.5. The van der Waals surface area contributed by atoms with Crippen LogP contribution >= 0.6 is 0 Å². The van der Waals surface area contributed by atoms with Crippen LogP contribution in [0.15, 0.2) is 49.1 Å². The van der Waals surface area contributed by atoms with Gasteiger partial charge in [0.25, 0.3) is 11.8 Å². The Bertz CT molecular complexity index is 1670. The van der Waals surface area contributed by atoms with Crippen molar-refractivity contribution in [2.24, 2.45) is 0 Å². The van der Waals surface area contributed by atoms with Gasteiger partial charge in [-0.15, -0.1) is 0 Å². The lowest BCUT2D eigenvalue weighted by Crippen LogP contribution is -2.36. The first kappa shape index (κ1) is 26.5. The van der Waals surface area contributed by atoms with Crippen molar-refractivity contribution in [2.75, 3.05) is 24.2 Å². The Morgan fingerprint density at radius 3 is 2.41 bits per heavy atom. The number of benzene rings is 1. The number of nitrogens with one attached hydrogen (secondary N) is 3. The summed E-state index contributed by atoms with van der Waals surface area (Å²) in [5.74, 6) is -1.71. The van der Waals surface area contributed by atoms with Gasteiger partial charge >= 0.3 is 0 Å². The van der Waals surface area contributed by atoms with Crippen molar-refractivity contribution in [3.8, 4) is 11.3 Å². The Hall–Kier alpha value is -4.71. The number of fused-ring (bicyclic) bond motifs is 3. The Kier molecular flexibility index (Phi) is 6.91. The molecule has 2 fully saturated rings. The van der Waals surface area contributed by atoms with Crippen molar-refractivity contribution in [3.05, 3.63) is 71.7 Å². The number of hydrogen-bond acceptors (Lipinski definition) is 7. The largest absolute Gasteiger partial charge is 0.355 e. The first-order chi connectivity index (χ1) is 19.8. The summed E-state index contributed by atoms with van der Waals surface area (Å²) in [5, 5.41) is 12.4. The minimum absolute atomic E-state index is 0.0673. The van der Waals surface area contributed by atoms with Crippen molar-refractivity contribution in [1.29, 1.82) is 0 Å². The second kappa shape index (κ2) is 10.7. The van der Waals surface area contributed by atoms with Gasteiger partial charge in [0.1, 0.15) is 5.82 Å². The second-order valence-corrected chi connectivity index (χ2v) is 10.4. The van der Waals surface area contributed by atoms with Gasteiger partial charge < -0.3 is 16.0 Å². The summed E-state index contributed by atoms with van der Waals surface area (Å²) in [4.78, 5) is 48.7. The summed E-state index contributed by atoms with van der Waals surface area (Å²) in [7, 11) is 1.43. The van der Waals surface area contributed by atoms with Gasteiger partial charge in [-0.25, -0.2) is 8.91 Å². The Labute approximate surface area is 235 Å². The van der Waals surface area contributed by atoms with Crippen LogP contribution in [0.5, 0.6) is 0 Å². The number of hydrogen-bond donors (Lipinski definition) is 3. The highest BCUT2D eigenvalue weighted by Crippen LogP contribution is 2.37. The van der Waals surface area contributed by atoms with Gasteiger partial charge in [-0.1, -0.05) is 6.07 Å². The van der Waals surface area contributed by atoms with E-state index in [0.717, 1.165) is 25.7 Å². The molecule has 0 radical (unpaired) electrons.